The molecule has 0 saturated carbocycles. The minimum atomic E-state index is -1.20. The predicted molar refractivity (Wildman–Crippen MR) is 51.4 cm³/mol. The lowest BCUT2D eigenvalue weighted by Crippen LogP contribution is -2.43. The second-order valence-corrected chi connectivity index (χ2v) is 4.19. The van der Waals surface area contributed by atoms with Crippen molar-refractivity contribution in [2.45, 2.75) is 12.5 Å². The third-order valence-electron chi connectivity index (χ3n) is 1.16. The van der Waals surface area contributed by atoms with E-state index in [0.29, 0.717) is 11.0 Å². The Labute approximate surface area is 92.7 Å². The number of carbonyl (C=O) groups is 1. The van der Waals surface area contributed by atoms with Crippen LogP contribution in [0.1, 0.15) is 6.42 Å². The first-order valence-corrected chi connectivity index (χ1v) is 4.37. The smallest absolute Gasteiger partial charge is 0.333 e. The summed E-state index contributed by atoms with van der Waals surface area (Å²) < 4.78 is -0.478. The van der Waals surface area contributed by atoms with Crippen LogP contribution in [0.25, 0.3) is 0 Å². The summed E-state index contributed by atoms with van der Waals surface area (Å²) in [6, 6.07) is 0. The topological polar surface area (TPSA) is 104 Å². The number of aliphatic hydroxyl groups excluding tert-OH is 1. The molecule has 0 aliphatic heterocycles. The maximum Gasteiger partial charge on any atom is 0.333 e. The van der Waals surface area contributed by atoms with Gasteiger partial charge in [-0.05, 0) is 0 Å². The Morgan fingerprint density at radius 2 is 1.87 bits per heavy atom. The van der Waals surface area contributed by atoms with Crippen LogP contribution in [-0.2, 0) is 4.79 Å². The zero-order chi connectivity index (χ0) is 12.6. The van der Waals surface area contributed by atoms with Gasteiger partial charge in [0.1, 0.15) is 12.6 Å². The van der Waals surface area contributed by atoms with Gasteiger partial charge in [-0.3, -0.25) is 0 Å². The molecule has 1 unspecified atom stereocenters. The number of halogens is 1. The number of carbonyl (C=O) groups excluding carboxylic acids is 1. The van der Waals surface area contributed by atoms with Gasteiger partial charge >= 0.3 is 11.8 Å². The van der Waals surface area contributed by atoms with Gasteiger partial charge in [0.15, 0.2) is 4.44 Å². The molecule has 7 nitrogen and oxygen atoms in total. The Kier molecular flexibility index (Phi) is 8.12. The lowest BCUT2D eigenvalue weighted by Gasteiger charge is -2.26. The second-order valence-electron chi connectivity index (χ2n) is 3.92. The first-order valence-electron chi connectivity index (χ1n) is 4.03. The summed E-state index contributed by atoms with van der Waals surface area (Å²) in [5.74, 6) is -1.20. The predicted octanol–water partition coefficient (Wildman–Crippen LogP) is -1.39. The zero-order valence-corrected chi connectivity index (χ0v) is 9.60. The molecule has 0 aliphatic carbocycles. The molecule has 0 aromatic carbocycles. The molecule has 0 bridgehead atoms. The van der Waals surface area contributed by atoms with Crippen molar-refractivity contribution in [2.75, 3.05) is 27.7 Å². The largest absolute Gasteiger partial charge is 0.550 e. The number of hydrogen-bond acceptors (Lipinski definition) is 5. The van der Waals surface area contributed by atoms with Crippen LogP contribution in [-0.4, -0.2) is 53.8 Å². The highest BCUT2D eigenvalue weighted by atomic mass is 35.5. The number of quaternary nitrogens is 1. The maximum atomic E-state index is 10.0. The van der Waals surface area contributed by atoms with E-state index >= 15 is 0 Å². The minimum Gasteiger partial charge on any atom is -0.550 e. The number of aliphatic carboxylic acids is 1. The van der Waals surface area contributed by atoms with E-state index in [-0.39, 0.29) is 6.42 Å². The number of nitro groups is 1. The van der Waals surface area contributed by atoms with Gasteiger partial charge in [-0.1, -0.05) is 0 Å². The zero-order valence-electron chi connectivity index (χ0n) is 8.84. The molecule has 0 rings (SSSR count). The molecule has 0 amide bonds. The van der Waals surface area contributed by atoms with E-state index < -0.39 is 16.5 Å². The van der Waals surface area contributed by atoms with Crippen LogP contribution in [0.4, 0.5) is 0 Å². The quantitative estimate of drug-likeness (QED) is 0.283. The highest BCUT2D eigenvalue weighted by molar-refractivity contribution is 6.04. The lowest BCUT2D eigenvalue weighted by molar-refractivity contribution is -0.873. The molecule has 0 heterocycles. The Bertz CT molecular complexity index is 212. The van der Waals surface area contributed by atoms with Crippen molar-refractivity contribution in [1.82, 2.24) is 0 Å². The van der Waals surface area contributed by atoms with Gasteiger partial charge in [0.05, 0.1) is 21.1 Å². The van der Waals surface area contributed by atoms with Crippen LogP contribution in [0.3, 0.4) is 0 Å². The summed E-state index contributed by atoms with van der Waals surface area (Å²) in [6.45, 7) is 0.425. The van der Waals surface area contributed by atoms with Crippen LogP contribution in [0.2, 0.25) is 0 Å². The minimum absolute atomic E-state index is 0.282. The molecule has 0 radical (unpaired) electrons. The lowest BCUT2D eigenvalue weighted by atomic mass is 10.2. The number of nitrogens with zero attached hydrogens (tertiary/aromatic N) is 2. The number of carboxylic acid groups (broad SMARTS) is 1. The molecule has 1 atom stereocenters. The van der Waals surface area contributed by atoms with Crippen LogP contribution < -0.4 is 5.11 Å². The van der Waals surface area contributed by atoms with Gasteiger partial charge in [-0.15, -0.1) is 0 Å². The Morgan fingerprint density at radius 3 is 2.07 bits per heavy atom. The summed E-state index contributed by atoms with van der Waals surface area (Å²) in [5, 5.41) is 27.7. The molecule has 0 fully saturated rings. The van der Waals surface area contributed by atoms with Crippen molar-refractivity contribution in [3.05, 3.63) is 10.1 Å². The van der Waals surface area contributed by atoms with Crippen molar-refractivity contribution in [1.29, 1.82) is 0 Å². The van der Waals surface area contributed by atoms with E-state index in [1.165, 1.54) is 0 Å². The molecule has 15 heavy (non-hydrogen) atoms. The van der Waals surface area contributed by atoms with E-state index in [2.05, 4.69) is 11.8 Å². The van der Waals surface area contributed by atoms with E-state index in [1.807, 2.05) is 21.1 Å². The molecule has 0 aliphatic rings. The molecule has 8 heteroatoms. The summed E-state index contributed by atoms with van der Waals surface area (Å²) in [5.41, 5.74) is 0. The van der Waals surface area contributed by atoms with Crippen molar-refractivity contribution >= 4 is 17.7 Å². The van der Waals surface area contributed by atoms with Crippen molar-refractivity contribution in [2.24, 2.45) is 0 Å². The molecule has 0 saturated heterocycles. The summed E-state index contributed by atoms with van der Waals surface area (Å²) in [7, 11) is 5.66. The molecular weight excluding hydrogens is 228 g/mol. The van der Waals surface area contributed by atoms with E-state index in [1.54, 1.807) is 0 Å². The van der Waals surface area contributed by atoms with Crippen LogP contribution in [0.5, 0.6) is 0 Å². The highest BCUT2D eigenvalue weighted by Gasteiger charge is 2.14. The number of rotatable bonds is 4. The van der Waals surface area contributed by atoms with Crippen LogP contribution in [0.15, 0.2) is 0 Å². The van der Waals surface area contributed by atoms with E-state index in [4.69, 9.17) is 15.2 Å². The average molecular weight is 243 g/mol. The third-order valence-corrected chi connectivity index (χ3v) is 1.16. The van der Waals surface area contributed by atoms with Gasteiger partial charge in [-0.2, -0.15) is 0 Å². The average Bonchev–Trinajstić information content (AvgIpc) is 1.76. The molecule has 1 N–H and O–H groups in total. The number of likely N-dealkylation sites (N-methyl/N-ethyl adjacent to an activating group) is 1. The highest BCUT2D eigenvalue weighted by Crippen LogP contribution is 1.97. The van der Waals surface area contributed by atoms with Gasteiger partial charge in [0.2, 0.25) is 0 Å². The Hall–Kier alpha value is -0.920. The fourth-order valence-electron chi connectivity index (χ4n) is 0.889. The molecule has 0 aromatic rings. The van der Waals surface area contributed by atoms with E-state index in [0.717, 1.165) is 0 Å². The summed E-state index contributed by atoms with van der Waals surface area (Å²) >= 11 is 4.00. The van der Waals surface area contributed by atoms with Crippen LogP contribution >= 0.6 is 11.8 Å². The fraction of sp³-hybridized carbons (Fsp3) is 0.857. The SMILES string of the molecule is C[N+](C)(C)CC(O)CC(=O)[O-].O=[N+]([O-])Cl. The van der Waals surface area contributed by atoms with E-state index in [9.17, 15) is 9.90 Å². The normalized spacial score (nSPS) is 12.3. The molecule has 0 spiro atoms. The number of carboxylic acids is 1. The Morgan fingerprint density at radius 1 is 1.53 bits per heavy atom. The standard InChI is InChI=1S/C7H15NO3.ClNO2/c1-8(2,3)5-6(9)4-7(10)11;1-2(3)4/h6,9H,4-5H2,1-3H3;. The van der Waals surface area contributed by atoms with Crippen molar-refractivity contribution < 1.29 is 23.9 Å². The first kappa shape index (κ1) is 16.5. The first-order chi connectivity index (χ1) is 6.54. The summed E-state index contributed by atoms with van der Waals surface area (Å²) in [4.78, 5) is 18.6. The monoisotopic (exact) mass is 242 g/mol. The Balaban J connectivity index is 0. The van der Waals surface area contributed by atoms with Crippen LogP contribution in [0, 0.1) is 10.1 Å². The molecule has 0 aromatic heterocycles. The van der Waals surface area contributed by atoms with Crippen molar-refractivity contribution in [3.8, 4) is 0 Å². The maximum absolute atomic E-state index is 10.0. The molecule has 90 valence electrons. The van der Waals surface area contributed by atoms with Gasteiger partial charge in [0.25, 0.3) is 0 Å². The number of hydrogen-bond donors (Lipinski definition) is 1. The molecular formula is C7H15ClN2O5. The second kappa shape index (κ2) is 7.38. The van der Waals surface area contributed by atoms with Crippen molar-refractivity contribution in [3.63, 3.8) is 0 Å². The van der Waals surface area contributed by atoms with Gasteiger partial charge in [-0.25, -0.2) is 10.1 Å². The van der Waals surface area contributed by atoms with Gasteiger partial charge in [0, 0.05) is 12.4 Å². The number of aliphatic hydroxyl groups is 1. The van der Waals surface area contributed by atoms with Gasteiger partial charge < -0.3 is 19.5 Å². The fourth-order valence-corrected chi connectivity index (χ4v) is 0.889. The summed E-state index contributed by atoms with van der Waals surface area (Å²) in [6.07, 6.45) is -1.09. The third kappa shape index (κ3) is 24.6.